The van der Waals surface area contributed by atoms with Gasteiger partial charge < -0.3 is 9.84 Å². The number of esters is 1. The Morgan fingerprint density at radius 2 is 2.27 bits per heavy atom. The summed E-state index contributed by atoms with van der Waals surface area (Å²) in [4.78, 5) is 20.5. The molecule has 0 saturated carbocycles. The first-order valence-corrected chi connectivity index (χ1v) is 4.22. The fourth-order valence-corrected chi connectivity index (χ4v) is 0.925. The molecular formula is C9H9NO5. The Morgan fingerprint density at radius 3 is 2.73 bits per heavy atom. The third-order valence-corrected chi connectivity index (χ3v) is 1.66. The molecule has 6 heteroatoms. The number of phenols is 1. The van der Waals surface area contributed by atoms with E-state index in [0.717, 1.165) is 12.1 Å². The molecule has 1 rings (SSSR count). The number of nitro benzene ring substituents is 1. The number of aromatic hydroxyl groups is 1. The zero-order valence-corrected chi connectivity index (χ0v) is 7.97. The van der Waals surface area contributed by atoms with Gasteiger partial charge in [-0.15, -0.1) is 0 Å². The van der Waals surface area contributed by atoms with Gasteiger partial charge in [-0.3, -0.25) is 14.9 Å². The summed E-state index contributed by atoms with van der Waals surface area (Å²) in [5.41, 5.74) is -0.425. The van der Waals surface area contributed by atoms with E-state index < -0.39 is 22.3 Å². The summed E-state index contributed by atoms with van der Waals surface area (Å²) in [6.07, 6.45) is 0.192. The van der Waals surface area contributed by atoms with Crippen molar-refractivity contribution in [1.29, 1.82) is 0 Å². The lowest BCUT2D eigenvalue weighted by Crippen LogP contribution is -2.05. The molecule has 0 amide bonds. The van der Waals surface area contributed by atoms with E-state index in [9.17, 15) is 20.0 Å². The summed E-state index contributed by atoms with van der Waals surface area (Å²) < 4.78 is 4.76. The van der Waals surface area contributed by atoms with Crippen LogP contribution in [0.5, 0.6) is 11.5 Å². The topological polar surface area (TPSA) is 89.7 Å². The van der Waals surface area contributed by atoms with Gasteiger partial charge in [-0.2, -0.15) is 0 Å². The van der Waals surface area contributed by atoms with Crippen molar-refractivity contribution in [3.63, 3.8) is 0 Å². The Bertz CT molecular complexity index is 401. The minimum Gasteiger partial charge on any atom is -0.502 e. The minimum absolute atomic E-state index is 0.0879. The number of nitro groups is 1. The molecule has 6 nitrogen and oxygen atoms in total. The highest BCUT2D eigenvalue weighted by Gasteiger charge is 2.14. The van der Waals surface area contributed by atoms with Gasteiger partial charge in [0.25, 0.3) is 0 Å². The van der Waals surface area contributed by atoms with Gasteiger partial charge in [0.1, 0.15) is 5.75 Å². The molecule has 1 aromatic rings. The van der Waals surface area contributed by atoms with Crippen molar-refractivity contribution in [3.05, 3.63) is 28.3 Å². The van der Waals surface area contributed by atoms with Gasteiger partial charge in [0.2, 0.25) is 0 Å². The first-order chi connectivity index (χ1) is 7.04. The van der Waals surface area contributed by atoms with Crippen LogP contribution in [0.2, 0.25) is 0 Å². The lowest BCUT2D eigenvalue weighted by atomic mass is 10.3. The van der Waals surface area contributed by atoms with Gasteiger partial charge in [0.15, 0.2) is 5.75 Å². The molecule has 0 heterocycles. The number of nitrogens with zero attached hydrogens (tertiary/aromatic N) is 1. The van der Waals surface area contributed by atoms with Crippen LogP contribution in [0.3, 0.4) is 0 Å². The van der Waals surface area contributed by atoms with E-state index in [4.69, 9.17) is 4.74 Å². The molecule has 80 valence electrons. The van der Waals surface area contributed by atoms with Crippen LogP contribution in [-0.2, 0) is 4.79 Å². The van der Waals surface area contributed by atoms with Crippen LogP contribution >= 0.6 is 0 Å². The van der Waals surface area contributed by atoms with Gasteiger partial charge in [-0.05, 0) is 6.07 Å². The van der Waals surface area contributed by atoms with Gasteiger partial charge >= 0.3 is 11.7 Å². The summed E-state index contributed by atoms with van der Waals surface area (Å²) in [6, 6.07) is 3.37. The monoisotopic (exact) mass is 211 g/mol. The summed E-state index contributed by atoms with van der Waals surface area (Å²) in [5.74, 6) is -0.908. The summed E-state index contributed by atoms with van der Waals surface area (Å²) >= 11 is 0. The smallest absolute Gasteiger partial charge is 0.310 e. The summed E-state index contributed by atoms with van der Waals surface area (Å²) in [6.45, 7) is 1.62. The van der Waals surface area contributed by atoms with Crippen LogP contribution in [0.15, 0.2) is 18.2 Å². The number of carbonyl (C=O) groups is 1. The standard InChI is InChI=1S/C9H9NO5/c1-2-9(12)15-6-3-4-7(10(13)14)8(11)5-6/h3-5,11H,2H2,1H3. The molecule has 0 unspecified atom stereocenters. The van der Waals surface area contributed by atoms with Crippen molar-refractivity contribution < 1.29 is 19.6 Å². The first-order valence-electron chi connectivity index (χ1n) is 4.22. The number of hydrogen-bond acceptors (Lipinski definition) is 5. The SMILES string of the molecule is CCC(=O)Oc1ccc([N+](=O)[O-])c(O)c1. The molecule has 0 aliphatic carbocycles. The lowest BCUT2D eigenvalue weighted by Gasteiger charge is -2.02. The van der Waals surface area contributed by atoms with Crippen molar-refractivity contribution in [2.45, 2.75) is 13.3 Å². The summed E-state index contributed by atoms with van der Waals surface area (Å²) in [7, 11) is 0. The van der Waals surface area contributed by atoms with Crippen LogP contribution in [0.4, 0.5) is 5.69 Å². The largest absolute Gasteiger partial charge is 0.502 e. The Balaban J connectivity index is 2.91. The van der Waals surface area contributed by atoms with Crippen LogP contribution in [0.25, 0.3) is 0 Å². The molecule has 15 heavy (non-hydrogen) atoms. The second-order valence-electron chi connectivity index (χ2n) is 2.74. The average Bonchev–Trinajstić information content (AvgIpc) is 2.17. The van der Waals surface area contributed by atoms with E-state index in [1.165, 1.54) is 6.07 Å². The normalized spacial score (nSPS) is 9.67. The minimum atomic E-state index is -0.721. The number of ether oxygens (including phenoxy) is 1. The lowest BCUT2D eigenvalue weighted by molar-refractivity contribution is -0.385. The molecule has 1 aromatic carbocycles. The van der Waals surface area contributed by atoms with Crippen LogP contribution in [0, 0.1) is 10.1 Å². The van der Waals surface area contributed by atoms with Crippen molar-refractivity contribution in [2.75, 3.05) is 0 Å². The second-order valence-corrected chi connectivity index (χ2v) is 2.74. The maximum absolute atomic E-state index is 10.9. The number of hydrogen-bond donors (Lipinski definition) is 1. The van der Waals surface area contributed by atoms with Gasteiger partial charge in [0, 0.05) is 18.6 Å². The molecule has 0 atom stereocenters. The van der Waals surface area contributed by atoms with Crippen molar-refractivity contribution >= 4 is 11.7 Å². The number of carbonyl (C=O) groups excluding carboxylic acids is 1. The fraction of sp³-hybridized carbons (Fsp3) is 0.222. The number of benzene rings is 1. The Kier molecular flexibility index (Phi) is 3.22. The highest BCUT2D eigenvalue weighted by atomic mass is 16.6. The van der Waals surface area contributed by atoms with Crippen LogP contribution in [0.1, 0.15) is 13.3 Å². The van der Waals surface area contributed by atoms with Gasteiger partial charge in [-0.1, -0.05) is 6.92 Å². The molecule has 0 fully saturated rings. The Morgan fingerprint density at radius 1 is 1.60 bits per heavy atom. The van der Waals surface area contributed by atoms with Gasteiger partial charge in [0.05, 0.1) is 4.92 Å². The van der Waals surface area contributed by atoms with E-state index in [1.807, 2.05) is 0 Å². The van der Waals surface area contributed by atoms with E-state index in [0.29, 0.717) is 0 Å². The third-order valence-electron chi connectivity index (χ3n) is 1.66. The van der Waals surface area contributed by atoms with Crippen LogP contribution in [-0.4, -0.2) is 16.0 Å². The predicted molar refractivity (Wildman–Crippen MR) is 50.7 cm³/mol. The van der Waals surface area contributed by atoms with Gasteiger partial charge in [-0.25, -0.2) is 0 Å². The maximum atomic E-state index is 10.9. The first kappa shape index (κ1) is 11.0. The molecule has 0 aromatic heterocycles. The summed E-state index contributed by atoms with van der Waals surface area (Å²) in [5, 5.41) is 19.6. The molecule has 0 aliphatic heterocycles. The fourth-order valence-electron chi connectivity index (χ4n) is 0.925. The molecule has 0 aliphatic rings. The molecule has 0 bridgehead atoms. The number of rotatable bonds is 3. The van der Waals surface area contributed by atoms with E-state index >= 15 is 0 Å². The zero-order valence-electron chi connectivity index (χ0n) is 7.97. The molecular weight excluding hydrogens is 202 g/mol. The predicted octanol–water partition coefficient (Wildman–Crippen LogP) is 1.62. The highest BCUT2D eigenvalue weighted by molar-refractivity contribution is 5.72. The van der Waals surface area contributed by atoms with E-state index in [1.54, 1.807) is 6.92 Å². The zero-order chi connectivity index (χ0) is 11.4. The Labute approximate surface area is 85.2 Å². The quantitative estimate of drug-likeness (QED) is 0.355. The average molecular weight is 211 g/mol. The highest BCUT2D eigenvalue weighted by Crippen LogP contribution is 2.29. The molecule has 1 N–H and O–H groups in total. The van der Waals surface area contributed by atoms with Crippen molar-refractivity contribution in [2.24, 2.45) is 0 Å². The van der Waals surface area contributed by atoms with E-state index in [2.05, 4.69) is 0 Å². The Hall–Kier alpha value is -2.11. The molecule has 0 radical (unpaired) electrons. The third kappa shape index (κ3) is 2.67. The van der Waals surface area contributed by atoms with E-state index in [-0.39, 0.29) is 12.2 Å². The van der Waals surface area contributed by atoms with Crippen molar-refractivity contribution in [3.8, 4) is 11.5 Å². The second kappa shape index (κ2) is 4.41. The van der Waals surface area contributed by atoms with Crippen molar-refractivity contribution in [1.82, 2.24) is 0 Å². The molecule has 0 saturated heterocycles. The number of phenolic OH excluding ortho intramolecular Hbond substituents is 1. The molecule has 0 spiro atoms. The maximum Gasteiger partial charge on any atom is 0.310 e. The van der Waals surface area contributed by atoms with Crippen LogP contribution < -0.4 is 4.74 Å².